The highest BCUT2D eigenvalue weighted by Crippen LogP contribution is 2.21. The van der Waals surface area contributed by atoms with E-state index in [2.05, 4.69) is 21.3 Å². The van der Waals surface area contributed by atoms with Crippen molar-refractivity contribution >= 4 is 30.7 Å². The van der Waals surface area contributed by atoms with E-state index in [0.717, 1.165) is 18.9 Å². The van der Waals surface area contributed by atoms with Crippen LogP contribution in [0.5, 0.6) is 0 Å². The van der Waals surface area contributed by atoms with Crippen molar-refractivity contribution in [1.82, 2.24) is 21.3 Å². The lowest BCUT2D eigenvalue weighted by Crippen LogP contribution is -2.43. The number of amides is 1. The van der Waals surface area contributed by atoms with Gasteiger partial charge in [-0.2, -0.15) is 0 Å². The molecule has 0 aromatic heterocycles. The molecule has 0 aromatic carbocycles. The lowest BCUT2D eigenvalue weighted by atomic mass is 9.92. The van der Waals surface area contributed by atoms with Gasteiger partial charge in [-0.1, -0.05) is 0 Å². The summed E-state index contributed by atoms with van der Waals surface area (Å²) in [7, 11) is 0. The van der Waals surface area contributed by atoms with Crippen molar-refractivity contribution in [1.29, 1.82) is 0 Å². The minimum absolute atomic E-state index is 0.0864. The number of carbonyl (C=O) groups is 5. The van der Waals surface area contributed by atoms with Crippen LogP contribution in [0.4, 0.5) is 0 Å². The first kappa shape index (κ1) is 44.5. The highest BCUT2D eigenvalue weighted by Gasteiger charge is 2.32. The minimum Gasteiger partial charge on any atom is -0.480 e. The van der Waals surface area contributed by atoms with E-state index in [-0.39, 0.29) is 85.7 Å². The lowest BCUT2D eigenvalue weighted by Gasteiger charge is -2.33. The molecule has 0 radical (unpaired) electrons. The molecule has 0 rings (SSSR count). The van der Waals surface area contributed by atoms with E-state index in [1.807, 2.05) is 0 Å². The van der Waals surface area contributed by atoms with Crippen molar-refractivity contribution in [3.05, 3.63) is 0 Å². The van der Waals surface area contributed by atoms with Crippen LogP contribution in [0.15, 0.2) is 0 Å². The average Bonchev–Trinajstić information content (AvgIpc) is 3.06. The molecular weight excluding hydrogens is 628 g/mol. The number of carbonyl (C=O) groups excluding carboxylic acids is 4. The molecule has 0 atom stereocenters. The van der Waals surface area contributed by atoms with Crippen LogP contribution in [0.3, 0.4) is 0 Å². The Morgan fingerprint density at radius 3 is 1.19 bits per heavy atom. The zero-order valence-electron chi connectivity index (χ0n) is 27.2. The molecule has 0 bridgehead atoms. The first-order valence-corrected chi connectivity index (χ1v) is 15.5. The molecule has 0 saturated heterocycles. The van der Waals surface area contributed by atoms with Crippen LogP contribution in [-0.4, -0.2) is 187 Å². The molecule has 0 aromatic rings. The zero-order chi connectivity index (χ0) is 34.5. The van der Waals surface area contributed by atoms with Crippen LogP contribution in [-0.2, 0) is 61.9 Å². The Morgan fingerprint density at radius 2 is 0.851 bits per heavy atom. The Morgan fingerprint density at radius 1 is 0.511 bits per heavy atom. The van der Waals surface area contributed by atoms with Crippen molar-refractivity contribution in [3.63, 3.8) is 0 Å². The average molecular weight is 683 g/mol. The Balaban J connectivity index is 4.98. The molecule has 0 heterocycles. The van der Waals surface area contributed by atoms with Crippen LogP contribution in [0.25, 0.3) is 0 Å². The fourth-order valence-corrected chi connectivity index (χ4v) is 3.49. The third-order valence-electron chi connectivity index (χ3n) is 5.74. The lowest BCUT2D eigenvalue weighted by molar-refractivity contribution is -0.139. The summed E-state index contributed by atoms with van der Waals surface area (Å²) in [6.45, 7) is 5.67. The molecule has 18 nitrogen and oxygen atoms in total. The van der Waals surface area contributed by atoms with Gasteiger partial charge in [0.2, 0.25) is 5.91 Å². The van der Waals surface area contributed by atoms with Gasteiger partial charge in [0.15, 0.2) is 0 Å². The summed E-state index contributed by atoms with van der Waals surface area (Å²) >= 11 is 0. The molecule has 0 fully saturated rings. The Labute approximate surface area is 276 Å². The number of hydrogen-bond donors (Lipinski definition) is 5. The Hall–Kier alpha value is -2.49. The molecule has 274 valence electrons. The van der Waals surface area contributed by atoms with Gasteiger partial charge in [-0.3, -0.25) is 9.59 Å². The van der Waals surface area contributed by atoms with E-state index in [9.17, 15) is 24.0 Å². The summed E-state index contributed by atoms with van der Waals surface area (Å²) < 4.78 is 45.6. The minimum atomic E-state index is -1.15. The Kier molecular flexibility index (Phi) is 33.0. The van der Waals surface area contributed by atoms with Crippen LogP contribution < -0.4 is 21.3 Å². The predicted octanol–water partition coefficient (Wildman–Crippen LogP) is -3.33. The van der Waals surface area contributed by atoms with E-state index < -0.39 is 23.8 Å². The number of ether oxygens (including phenoxy) is 8. The molecule has 0 saturated carbocycles. The molecule has 47 heavy (non-hydrogen) atoms. The van der Waals surface area contributed by atoms with Crippen molar-refractivity contribution in [2.75, 3.05) is 152 Å². The van der Waals surface area contributed by atoms with Gasteiger partial charge >= 0.3 is 5.97 Å². The second kappa shape index (κ2) is 34.8. The van der Waals surface area contributed by atoms with Gasteiger partial charge in [0.05, 0.1) is 124 Å². The second-order valence-corrected chi connectivity index (χ2v) is 9.88. The van der Waals surface area contributed by atoms with Gasteiger partial charge in [0.25, 0.3) is 0 Å². The van der Waals surface area contributed by atoms with E-state index in [0.29, 0.717) is 59.3 Å². The van der Waals surface area contributed by atoms with Crippen LogP contribution in [0.1, 0.15) is 0 Å². The second-order valence-electron chi connectivity index (χ2n) is 9.88. The van der Waals surface area contributed by atoms with Crippen LogP contribution >= 0.6 is 0 Å². The van der Waals surface area contributed by atoms with E-state index >= 15 is 0 Å². The van der Waals surface area contributed by atoms with Crippen LogP contribution in [0.2, 0.25) is 0 Å². The van der Waals surface area contributed by atoms with Crippen LogP contribution in [0, 0.1) is 5.41 Å². The highest BCUT2D eigenvalue weighted by molar-refractivity contribution is 5.81. The fraction of sp³-hybridized carbons (Fsp3) is 0.828. The highest BCUT2D eigenvalue weighted by atomic mass is 16.6. The normalized spacial score (nSPS) is 11.4. The summed E-state index contributed by atoms with van der Waals surface area (Å²) in [6, 6.07) is 0. The number of aldehydes is 3. The molecule has 18 heteroatoms. The third-order valence-corrected chi connectivity index (χ3v) is 5.74. The molecule has 0 spiro atoms. The summed E-state index contributed by atoms with van der Waals surface area (Å²) in [4.78, 5) is 53.4. The van der Waals surface area contributed by atoms with Gasteiger partial charge in [-0.25, -0.2) is 0 Å². The molecular formula is C29H54N4O14. The van der Waals surface area contributed by atoms with Gasteiger partial charge < -0.3 is 78.7 Å². The standard InChI is InChI=1S/C29H54N4O14/c34-7-1-30-4-10-40-13-17-44-23-29(24-45-18-14-41-11-5-31-2-8-35,25-46-19-15-42-12-6-32-3-9-36)26-47-20-16-43-22-27(37)33-21-28(38)39/h7-9,30-32H,1-6,10-26H2,(H,33,37)(H,38,39). The van der Waals surface area contributed by atoms with Crippen molar-refractivity contribution in [2.24, 2.45) is 5.41 Å². The number of rotatable bonds is 39. The smallest absolute Gasteiger partial charge is 0.322 e. The molecule has 1 amide bonds. The molecule has 0 aliphatic heterocycles. The summed E-state index contributed by atoms with van der Waals surface area (Å²) in [6.07, 6.45) is 2.33. The van der Waals surface area contributed by atoms with Gasteiger partial charge in [-0.05, 0) is 0 Å². The molecule has 0 aliphatic carbocycles. The SMILES string of the molecule is O=CCNCCOCCOCC(COCCOCCNCC=O)(COCCOCCNCC=O)COCCOCC(=O)NCC(=O)O. The maximum atomic E-state index is 11.6. The number of aliphatic carboxylic acids is 1. The monoisotopic (exact) mass is 682 g/mol. The zero-order valence-corrected chi connectivity index (χ0v) is 27.2. The number of nitrogens with one attached hydrogen (secondary N) is 4. The number of carboxylic acid groups (broad SMARTS) is 1. The van der Waals surface area contributed by atoms with Crippen molar-refractivity contribution < 1.29 is 67.0 Å². The molecule has 0 aliphatic rings. The molecule has 0 unspecified atom stereocenters. The first-order chi connectivity index (χ1) is 23.0. The molecule has 5 N–H and O–H groups in total. The van der Waals surface area contributed by atoms with E-state index in [4.69, 9.17) is 43.0 Å². The quantitative estimate of drug-likeness (QED) is 0.0316. The topological polar surface area (TPSA) is 228 Å². The van der Waals surface area contributed by atoms with Gasteiger partial charge in [0.1, 0.15) is 32.0 Å². The summed E-state index contributed by atoms with van der Waals surface area (Å²) in [5, 5.41) is 19.6. The Bertz CT molecular complexity index is 717. The van der Waals surface area contributed by atoms with Crippen molar-refractivity contribution in [2.45, 2.75) is 0 Å². The first-order valence-electron chi connectivity index (χ1n) is 15.5. The summed E-state index contributed by atoms with van der Waals surface area (Å²) in [5.41, 5.74) is -0.749. The maximum absolute atomic E-state index is 11.6. The van der Waals surface area contributed by atoms with E-state index in [1.54, 1.807) is 0 Å². The summed E-state index contributed by atoms with van der Waals surface area (Å²) in [5.74, 6) is -1.71. The fourth-order valence-electron chi connectivity index (χ4n) is 3.49. The third kappa shape index (κ3) is 31.9. The largest absolute Gasteiger partial charge is 0.480 e. The van der Waals surface area contributed by atoms with Crippen molar-refractivity contribution in [3.8, 4) is 0 Å². The van der Waals surface area contributed by atoms with Gasteiger partial charge in [0, 0.05) is 19.6 Å². The van der Waals surface area contributed by atoms with E-state index in [1.165, 1.54) is 0 Å². The van der Waals surface area contributed by atoms with Gasteiger partial charge in [-0.15, -0.1) is 0 Å². The number of hydrogen-bond acceptors (Lipinski definition) is 16. The maximum Gasteiger partial charge on any atom is 0.322 e. The predicted molar refractivity (Wildman–Crippen MR) is 166 cm³/mol. The number of carboxylic acids is 1.